The van der Waals surface area contributed by atoms with E-state index in [0.29, 0.717) is 24.5 Å². The Morgan fingerprint density at radius 3 is 2.32 bits per heavy atom. The van der Waals surface area contributed by atoms with Crippen LogP contribution >= 0.6 is 0 Å². The number of hydrogen-bond donors (Lipinski definition) is 2. The molecule has 0 spiro atoms. The van der Waals surface area contributed by atoms with Crippen molar-refractivity contribution in [3.8, 4) is 28.5 Å². The van der Waals surface area contributed by atoms with Crippen LogP contribution in [0.4, 0.5) is 0 Å². The van der Waals surface area contributed by atoms with E-state index in [-0.39, 0.29) is 12.0 Å². The van der Waals surface area contributed by atoms with Gasteiger partial charge in [0.2, 0.25) is 5.88 Å². The summed E-state index contributed by atoms with van der Waals surface area (Å²) in [5.74, 6) is 0.290. The van der Waals surface area contributed by atoms with Crippen molar-refractivity contribution in [2.45, 2.75) is 31.8 Å². The minimum Gasteiger partial charge on any atom is -0.481 e. The third-order valence-corrected chi connectivity index (χ3v) is 5.54. The average Bonchev–Trinajstić information content (AvgIpc) is 3.24. The summed E-state index contributed by atoms with van der Waals surface area (Å²) in [6.07, 6.45) is 9.67. The van der Waals surface area contributed by atoms with E-state index in [1.54, 1.807) is 24.5 Å². The van der Waals surface area contributed by atoms with Gasteiger partial charge in [0.25, 0.3) is 0 Å². The number of hydrogen-bond acceptors (Lipinski definition) is 5. The standard InChI is InChI=1S/C24H24N4O3/c1-3-19-20(4-2)28-23(27-19)17-7-11-21(25-14-17)16-8-12-22(26-13-16)31-18-9-5-15(6-10-18)24(29)30/h3-4,7-8,11-15,18H,1-2,5-6,9-10H2,(H,27,28)(H,29,30). The maximum atomic E-state index is 11.1. The molecule has 4 rings (SSSR count). The largest absolute Gasteiger partial charge is 0.481 e. The van der Waals surface area contributed by atoms with Gasteiger partial charge in [-0.3, -0.25) is 9.78 Å². The first kappa shape index (κ1) is 20.5. The van der Waals surface area contributed by atoms with E-state index in [0.717, 1.165) is 41.1 Å². The molecule has 0 radical (unpaired) electrons. The molecule has 0 unspecified atom stereocenters. The van der Waals surface area contributed by atoms with E-state index >= 15 is 0 Å². The lowest BCUT2D eigenvalue weighted by molar-refractivity contribution is -0.143. The monoisotopic (exact) mass is 416 g/mol. The molecular weight excluding hydrogens is 392 g/mol. The summed E-state index contributed by atoms with van der Waals surface area (Å²) >= 11 is 0. The average molecular weight is 416 g/mol. The van der Waals surface area contributed by atoms with Crippen LogP contribution in [0.2, 0.25) is 0 Å². The summed E-state index contributed by atoms with van der Waals surface area (Å²) in [5.41, 5.74) is 4.12. The molecule has 158 valence electrons. The van der Waals surface area contributed by atoms with Crippen molar-refractivity contribution in [1.82, 2.24) is 19.9 Å². The molecule has 1 aliphatic rings. The highest BCUT2D eigenvalue weighted by atomic mass is 16.5. The number of imidazole rings is 1. The first-order valence-electron chi connectivity index (χ1n) is 10.2. The van der Waals surface area contributed by atoms with Crippen LogP contribution in [0.25, 0.3) is 34.8 Å². The van der Waals surface area contributed by atoms with Crippen LogP contribution in [0, 0.1) is 5.92 Å². The molecule has 7 nitrogen and oxygen atoms in total. The first-order chi connectivity index (χ1) is 15.1. The van der Waals surface area contributed by atoms with Gasteiger partial charge in [-0.05, 0) is 56.0 Å². The Balaban J connectivity index is 1.41. The lowest BCUT2D eigenvalue weighted by atomic mass is 9.87. The van der Waals surface area contributed by atoms with Crippen LogP contribution in [0.5, 0.6) is 5.88 Å². The number of H-pyrrole nitrogens is 1. The molecule has 1 fully saturated rings. The minimum atomic E-state index is -0.714. The molecule has 3 heterocycles. The van der Waals surface area contributed by atoms with Gasteiger partial charge in [0.1, 0.15) is 11.9 Å². The smallest absolute Gasteiger partial charge is 0.306 e. The quantitative estimate of drug-likeness (QED) is 0.571. The Morgan fingerprint density at radius 2 is 1.77 bits per heavy atom. The maximum absolute atomic E-state index is 11.1. The number of nitrogens with one attached hydrogen (secondary N) is 1. The topological polar surface area (TPSA) is 101 Å². The Labute approximate surface area is 180 Å². The molecule has 7 heteroatoms. The molecule has 3 aromatic heterocycles. The lowest BCUT2D eigenvalue weighted by Crippen LogP contribution is -2.28. The molecule has 1 saturated carbocycles. The summed E-state index contributed by atoms with van der Waals surface area (Å²) in [6, 6.07) is 7.62. The number of aliphatic carboxylic acids is 1. The van der Waals surface area contributed by atoms with Crippen LogP contribution in [-0.2, 0) is 4.79 Å². The summed E-state index contributed by atoms with van der Waals surface area (Å²) in [4.78, 5) is 27.7. The van der Waals surface area contributed by atoms with E-state index in [1.165, 1.54) is 0 Å². The van der Waals surface area contributed by atoms with Crippen LogP contribution < -0.4 is 4.74 Å². The highest BCUT2D eigenvalue weighted by Gasteiger charge is 2.27. The zero-order valence-corrected chi connectivity index (χ0v) is 17.1. The SMILES string of the molecule is C=Cc1nc(-c2ccc(-c3ccc(OC4CCC(C(=O)O)CC4)nc3)nc2)[nH]c1C=C. The van der Waals surface area contributed by atoms with Crippen molar-refractivity contribution in [2.24, 2.45) is 5.92 Å². The number of rotatable bonds is 7. The lowest BCUT2D eigenvalue weighted by Gasteiger charge is -2.26. The van der Waals surface area contributed by atoms with Gasteiger partial charge in [-0.1, -0.05) is 13.2 Å². The number of aromatic nitrogens is 4. The number of carboxylic acid groups (broad SMARTS) is 1. The van der Waals surface area contributed by atoms with Crippen LogP contribution in [0.3, 0.4) is 0 Å². The molecule has 0 atom stereocenters. The zero-order chi connectivity index (χ0) is 21.8. The van der Waals surface area contributed by atoms with Gasteiger partial charge < -0.3 is 14.8 Å². The van der Waals surface area contributed by atoms with Gasteiger partial charge in [0.05, 0.1) is 23.0 Å². The van der Waals surface area contributed by atoms with E-state index in [2.05, 4.69) is 33.1 Å². The molecule has 3 aromatic rings. The van der Waals surface area contributed by atoms with E-state index in [9.17, 15) is 4.79 Å². The van der Waals surface area contributed by atoms with E-state index in [4.69, 9.17) is 9.84 Å². The fourth-order valence-corrected chi connectivity index (χ4v) is 3.75. The number of pyridine rings is 2. The van der Waals surface area contributed by atoms with Gasteiger partial charge in [-0.15, -0.1) is 0 Å². The second kappa shape index (κ2) is 8.95. The van der Waals surface area contributed by atoms with Crippen LogP contribution in [0.1, 0.15) is 37.1 Å². The summed E-state index contributed by atoms with van der Waals surface area (Å²) in [6.45, 7) is 7.55. The summed E-state index contributed by atoms with van der Waals surface area (Å²) in [7, 11) is 0. The van der Waals surface area contributed by atoms with Crippen molar-refractivity contribution < 1.29 is 14.6 Å². The predicted octanol–water partition coefficient (Wildman–Crippen LogP) is 4.84. The normalized spacial score (nSPS) is 18.3. The third-order valence-electron chi connectivity index (χ3n) is 5.54. The predicted molar refractivity (Wildman–Crippen MR) is 119 cm³/mol. The number of aromatic amines is 1. The molecule has 1 aliphatic carbocycles. The summed E-state index contributed by atoms with van der Waals surface area (Å²) < 4.78 is 5.93. The van der Waals surface area contributed by atoms with Crippen LogP contribution in [0.15, 0.2) is 49.8 Å². The molecule has 0 saturated heterocycles. The molecule has 31 heavy (non-hydrogen) atoms. The van der Waals surface area contributed by atoms with Crippen LogP contribution in [-0.4, -0.2) is 37.1 Å². The van der Waals surface area contributed by atoms with E-state index in [1.807, 2.05) is 24.3 Å². The molecule has 0 aliphatic heterocycles. The molecule has 2 N–H and O–H groups in total. The fraction of sp³-hybridized carbons (Fsp3) is 0.250. The van der Waals surface area contributed by atoms with Crippen molar-refractivity contribution in [3.05, 3.63) is 61.2 Å². The third kappa shape index (κ3) is 4.55. The van der Waals surface area contributed by atoms with Gasteiger partial charge in [0.15, 0.2) is 0 Å². The second-order valence-electron chi connectivity index (χ2n) is 7.54. The number of carboxylic acids is 1. The minimum absolute atomic E-state index is 0.0144. The fourth-order valence-electron chi connectivity index (χ4n) is 3.75. The highest BCUT2D eigenvalue weighted by Crippen LogP contribution is 2.28. The van der Waals surface area contributed by atoms with Gasteiger partial charge in [-0.2, -0.15) is 0 Å². The zero-order valence-electron chi connectivity index (χ0n) is 17.1. The molecule has 0 bridgehead atoms. The first-order valence-corrected chi connectivity index (χ1v) is 10.2. The Kier molecular flexibility index (Phi) is 5.93. The van der Waals surface area contributed by atoms with Gasteiger partial charge >= 0.3 is 5.97 Å². The molecule has 0 amide bonds. The molecule has 0 aromatic carbocycles. The van der Waals surface area contributed by atoms with Gasteiger partial charge in [0, 0.05) is 29.6 Å². The van der Waals surface area contributed by atoms with Crippen molar-refractivity contribution in [1.29, 1.82) is 0 Å². The Hall–Kier alpha value is -3.74. The van der Waals surface area contributed by atoms with Crippen molar-refractivity contribution in [2.75, 3.05) is 0 Å². The van der Waals surface area contributed by atoms with Crippen molar-refractivity contribution in [3.63, 3.8) is 0 Å². The number of ether oxygens (including phenoxy) is 1. The second-order valence-corrected chi connectivity index (χ2v) is 7.54. The molecular formula is C24H24N4O3. The van der Waals surface area contributed by atoms with E-state index < -0.39 is 5.97 Å². The Bertz CT molecular complexity index is 1050. The Morgan fingerprint density at radius 1 is 1.03 bits per heavy atom. The number of carbonyl (C=O) groups is 1. The maximum Gasteiger partial charge on any atom is 0.306 e. The summed E-state index contributed by atoms with van der Waals surface area (Å²) in [5, 5.41) is 9.10. The number of nitrogens with zero attached hydrogens (tertiary/aromatic N) is 3. The van der Waals surface area contributed by atoms with Crippen molar-refractivity contribution >= 4 is 18.1 Å². The van der Waals surface area contributed by atoms with Gasteiger partial charge in [-0.25, -0.2) is 9.97 Å². The highest BCUT2D eigenvalue weighted by molar-refractivity contribution is 5.70.